The lowest BCUT2D eigenvalue weighted by Gasteiger charge is -2.31. The van der Waals surface area contributed by atoms with Crippen molar-refractivity contribution < 1.29 is 41.6 Å². The summed E-state index contributed by atoms with van der Waals surface area (Å²) in [6, 6.07) is 31.7. The molecule has 0 aliphatic heterocycles. The number of nitrogens with one attached hydrogen (secondary N) is 1. The topological polar surface area (TPSA) is 94.1 Å². The van der Waals surface area contributed by atoms with E-state index in [-0.39, 0.29) is 38.4 Å². The Morgan fingerprint density at radius 2 is 1.46 bits per heavy atom. The van der Waals surface area contributed by atoms with E-state index < -0.39 is 43.7 Å². The molecule has 4 aromatic carbocycles. The van der Waals surface area contributed by atoms with Crippen molar-refractivity contribution in [2.45, 2.75) is 82.3 Å². The molecule has 1 amide bonds. The van der Waals surface area contributed by atoms with Gasteiger partial charge in [0.2, 0.25) is 5.66 Å². The van der Waals surface area contributed by atoms with Crippen LogP contribution in [0.2, 0.25) is 0 Å². The Balaban J connectivity index is 1.53. The molecule has 0 fully saturated rings. The fourth-order valence-corrected chi connectivity index (χ4v) is 7.10. The molecule has 11 heteroatoms. The number of carbonyl (C=O) groups excluding carboxylic acids is 1. The standard InChI is InChI=1S/C41H47F3NO6P/c1-2-3-4-5-15-26-49-37-23-22-33(27-36(37)41(42,43)44)24-25-40(30-46,45-39(47)50-29-34-18-11-7-12-19-34)31-51-52(48)38(35-20-13-8-14-21-35)28-32-16-9-6-10-17-32/h6-14,16-23,27,38,46H,2-5,15,24-26,28-31H2,1H3/p+1. The highest BCUT2D eigenvalue weighted by Gasteiger charge is 2.41. The van der Waals surface area contributed by atoms with E-state index in [4.69, 9.17) is 14.0 Å². The number of alkyl carbamates (subject to hydrolysis) is 1. The molecule has 0 saturated heterocycles. The third-order valence-electron chi connectivity index (χ3n) is 8.81. The lowest BCUT2D eigenvalue weighted by Crippen LogP contribution is -2.55. The second-order valence-corrected chi connectivity index (χ2v) is 14.3. The van der Waals surface area contributed by atoms with Gasteiger partial charge in [-0.2, -0.15) is 13.2 Å². The predicted molar refractivity (Wildman–Crippen MR) is 196 cm³/mol. The van der Waals surface area contributed by atoms with E-state index in [0.717, 1.165) is 48.4 Å². The van der Waals surface area contributed by atoms with Crippen LogP contribution in [-0.4, -0.2) is 36.6 Å². The first kappa shape index (κ1) is 40.5. The number of carbonyl (C=O) groups is 1. The number of aliphatic hydroxyl groups excluding tert-OH is 1. The van der Waals surface area contributed by atoms with Gasteiger partial charge < -0.3 is 19.9 Å². The number of hydrogen-bond donors (Lipinski definition) is 2. The van der Waals surface area contributed by atoms with Crippen molar-refractivity contribution in [1.82, 2.24) is 5.32 Å². The molecule has 0 aliphatic carbocycles. The van der Waals surface area contributed by atoms with Gasteiger partial charge in [0.1, 0.15) is 19.0 Å². The molecule has 4 aromatic rings. The summed E-state index contributed by atoms with van der Waals surface area (Å²) in [6.07, 6.45) is -0.465. The number of unbranched alkanes of at least 4 members (excludes halogenated alkanes) is 4. The maximum absolute atomic E-state index is 14.2. The lowest BCUT2D eigenvalue weighted by atomic mass is 9.92. The number of rotatable bonds is 21. The normalized spacial score (nSPS) is 13.5. The number of hydrogen-bond acceptors (Lipinski definition) is 6. The summed E-state index contributed by atoms with van der Waals surface area (Å²) in [4.78, 5) is 13.1. The Hall–Kier alpha value is -4.24. The molecule has 0 aromatic heterocycles. The minimum Gasteiger partial charge on any atom is -0.493 e. The number of aliphatic hydroxyl groups is 1. The van der Waals surface area contributed by atoms with Crippen molar-refractivity contribution in [3.05, 3.63) is 137 Å². The Morgan fingerprint density at radius 3 is 2.10 bits per heavy atom. The summed E-state index contributed by atoms with van der Waals surface area (Å²) in [7, 11) is -2.40. The van der Waals surface area contributed by atoms with E-state index in [2.05, 4.69) is 12.2 Å². The summed E-state index contributed by atoms with van der Waals surface area (Å²) < 4.78 is 73.4. The van der Waals surface area contributed by atoms with E-state index in [1.165, 1.54) is 6.07 Å². The van der Waals surface area contributed by atoms with Crippen LogP contribution in [0.3, 0.4) is 0 Å². The van der Waals surface area contributed by atoms with E-state index in [1.807, 2.05) is 66.7 Å². The van der Waals surface area contributed by atoms with Crippen LogP contribution < -0.4 is 10.1 Å². The molecule has 52 heavy (non-hydrogen) atoms. The summed E-state index contributed by atoms with van der Waals surface area (Å²) in [5.74, 6) is -0.242. The summed E-state index contributed by atoms with van der Waals surface area (Å²) in [6.45, 7) is 1.18. The van der Waals surface area contributed by atoms with Gasteiger partial charge in [-0.1, -0.05) is 130 Å². The van der Waals surface area contributed by atoms with Gasteiger partial charge in [-0.15, -0.1) is 4.52 Å². The predicted octanol–water partition coefficient (Wildman–Crippen LogP) is 10.4. The molecule has 7 nitrogen and oxygen atoms in total. The third-order valence-corrected chi connectivity index (χ3v) is 10.2. The molecule has 0 aliphatic rings. The molecule has 278 valence electrons. The first-order chi connectivity index (χ1) is 25.1. The largest absolute Gasteiger partial charge is 0.516 e. The smallest absolute Gasteiger partial charge is 0.493 e. The molecule has 3 atom stereocenters. The van der Waals surface area contributed by atoms with Crippen LogP contribution in [0, 0.1) is 0 Å². The van der Waals surface area contributed by atoms with Crippen molar-refractivity contribution in [3.8, 4) is 5.75 Å². The van der Waals surface area contributed by atoms with Crippen molar-refractivity contribution >= 4 is 14.1 Å². The fourth-order valence-electron chi connectivity index (χ4n) is 5.77. The Bertz CT molecular complexity index is 1660. The molecule has 3 unspecified atom stereocenters. The van der Waals surface area contributed by atoms with Gasteiger partial charge in [0.25, 0.3) is 0 Å². The molecule has 0 radical (unpaired) electrons. The first-order valence-corrected chi connectivity index (χ1v) is 19.0. The van der Waals surface area contributed by atoms with E-state index in [0.29, 0.717) is 18.4 Å². The maximum atomic E-state index is 14.2. The Kier molecular flexibility index (Phi) is 16.1. The zero-order chi connectivity index (χ0) is 37.2. The minimum atomic E-state index is -4.66. The summed E-state index contributed by atoms with van der Waals surface area (Å²) in [5.41, 5.74) is -0.192. The molecule has 0 saturated carbocycles. The van der Waals surface area contributed by atoms with E-state index >= 15 is 0 Å². The van der Waals surface area contributed by atoms with Crippen LogP contribution in [0.4, 0.5) is 18.0 Å². The fraction of sp³-hybridized carbons (Fsp3) is 0.390. The van der Waals surface area contributed by atoms with Gasteiger partial charge in [0, 0.05) is 12.0 Å². The summed E-state index contributed by atoms with van der Waals surface area (Å²) in [5, 5.41) is 13.4. The van der Waals surface area contributed by atoms with Gasteiger partial charge in [0.05, 0.1) is 24.3 Å². The van der Waals surface area contributed by atoms with Gasteiger partial charge >= 0.3 is 20.3 Å². The van der Waals surface area contributed by atoms with Gasteiger partial charge in [-0.05, 0) is 52.7 Å². The zero-order valence-corrected chi connectivity index (χ0v) is 30.4. The Labute approximate surface area is 305 Å². The van der Waals surface area contributed by atoms with Gasteiger partial charge in [0.15, 0.2) is 0 Å². The highest BCUT2D eigenvalue weighted by molar-refractivity contribution is 7.39. The van der Waals surface area contributed by atoms with Crippen molar-refractivity contribution in [2.24, 2.45) is 0 Å². The van der Waals surface area contributed by atoms with E-state index in [1.54, 1.807) is 30.3 Å². The average Bonchev–Trinajstić information content (AvgIpc) is 3.16. The van der Waals surface area contributed by atoms with Crippen LogP contribution in [0.1, 0.15) is 78.9 Å². The number of aryl methyl sites for hydroxylation is 1. The second-order valence-electron chi connectivity index (χ2n) is 12.9. The minimum absolute atomic E-state index is 0.0200. The second kappa shape index (κ2) is 20.7. The molecule has 0 bridgehead atoms. The van der Waals surface area contributed by atoms with Crippen LogP contribution >= 0.6 is 8.03 Å². The number of amides is 1. The molecular weight excluding hydrogens is 690 g/mol. The van der Waals surface area contributed by atoms with Crippen molar-refractivity contribution in [2.75, 3.05) is 19.8 Å². The highest BCUT2D eigenvalue weighted by atomic mass is 31.1. The van der Waals surface area contributed by atoms with Crippen molar-refractivity contribution in [1.29, 1.82) is 0 Å². The number of benzene rings is 4. The Morgan fingerprint density at radius 1 is 0.827 bits per heavy atom. The molecule has 0 spiro atoms. The van der Waals surface area contributed by atoms with Crippen LogP contribution in [0.5, 0.6) is 5.75 Å². The van der Waals surface area contributed by atoms with Crippen LogP contribution in [-0.2, 0) is 39.5 Å². The highest BCUT2D eigenvalue weighted by Crippen LogP contribution is 2.45. The van der Waals surface area contributed by atoms with Gasteiger partial charge in [-0.3, -0.25) is 0 Å². The van der Waals surface area contributed by atoms with Crippen LogP contribution in [0.15, 0.2) is 109 Å². The zero-order valence-electron chi connectivity index (χ0n) is 29.5. The maximum Gasteiger partial charge on any atom is 0.516 e. The van der Waals surface area contributed by atoms with E-state index in [9.17, 15) is 27.6 Å². The molecular formula is C41H48F3NO6P+. The number of ether oxygens (including phenoxy) is 2. The third kappa shape index (κ3) is 13.1. The number of halogens is 3. The molecule has 4 rings (SSSR count). The quantitative estimate of drug-likeness (QED) is 0.0653. The van der Waals surface area contributed by atoms with Crippen molar-refractivity contribution in [3.63, 3.8) is 0 Å². The average molecular weight is 739 g/mol. The molecule has 0 heterocycles. The summed E-state index contributed by atoms with van der Waals surface area (Å²) >= 11 is 0. The van der Waals surface area contributed by atoms with Gasteiger partial charge in [-0.25, -0.2) is 4.79 Å². The lowest BCUT2D eigenvalue weighted by molar-refractivity contribution is -0.139. The number of alkyl halides is 3. The molecule has 2 N–H and O–H groups in total. The SMILES string of the molecule is CCCCCCCOc1ccc(CCC(CO)(CO[P+](=O)C(Cc2ccccc2)c2ccccc2)NC(=O)OCc2ccccc2)cc1C(F)(F)F. The van der Waals surface area contributed by atoms with Crippen LogP contribution in [0.25, 0.3) is 0 Å². The monoisotopic (exact) mass is 738 g/mol. The first-order valence-electron chi connectivity index (χ1n) is 17.7.